The first-order valence-corrected chi connectivity index (χ1v) is 9.20. The minimum absolute atomic E-state index is 0.350. The van der Waals surface area contributed by atoms with Gasteiger partial charge < -0.3 is 4.90 Å². The molecule has 0 aliphatic carbocycles. The highest BCUT2D eigenvalue weighted by Gasteiger charge is 2.23. The van der Waals surface area contributed by atoms with E-state index in [0.29, 0.717) is 17.6 Å². The third-order valence-electron chi connectivity index (χ3n) is 5.19. The molecule has 140 valence electrons. The Morgan fingerprint density at radius 1 is 1.19 bits per heavy atom. The van der Waals surface area contributed by atoms with Crippen LogP contribution >= 0.6 is 0 Å². The van der Waals surface area contributed by atoms with Crippen LogP contribution < -0.4 is 10.7 Å². The second-order valence-electron chi connectivity index (χ2n) is 6.95. The number of pyridine rings is 1. The van der Waals surface area contributed by atoms with Gasteiger partial charge in [0, 0.05) is 32.7 Å². The largest absolute Gasteiger partial charge is 0.439 e. The summed E-state index contributed by atoms with van der Waals surface area (Å²) in [5.74, 6) is -0.223. The van der Waals surface area contributed by atoms with Gasteiger partial charge in [0.1, 0.15) is 5.69 Å². The smallest absolute Gasteiger partial charge is 0.370 e. The van der Waals surface area contributed by atoms with Crippen molar-refractivity contribution in [2.45, 2.75) is 25.4 Å². The van der Waals surface area contributed by atoms with E-state index in [4.69, 9.17) is 0 Å². The van der Waals surface area contributed by atoms with Crippen LogP contribution in [-0.2, 0) is 6.54 Å². The lowest BCUT2D eigenvalue weighted by atomic mass is 10.0. The van der Waals surface area contributed by atoms with Crippen LogP contribution in [0.2, 0.25) is 0 Å². The van der Waals surface area contributed by atoms with Crippen molar-refractivity contribution in [1.29, 1.82) is 0 Å². The van der Waals surface area contributed by atoms with Crippen LogP contribution in [0.4, 0.5) is 5.69 Å². The van der Waals surface area contributed by atoms with Crippen molar-refractivity contribution in [3.63, 3.8) is 0 Å². The van der Waals surface area contributed by atoms with Crippen LogP contribution in [0.5, 0.6) is 0 Å². The average Bonchev–Trinajstić information content (AvgIpc) is 3.15. The van der Waals surface area contributed by atoms with Crippen molar-refractivity contribution in [2.24, 2.45) is 0 Å². The van der Waals surface area contributed by atoms with Crippen LogP contribution in [0.25, 0.3) is 11.5 Å². The number of rotatable bonds is 5. The lowest BCUT2D eigenvalue weighted by molar-refractivity contribution is 0.203. The molecule has 0 radical (unpaired) electrons. The van der Waals surface area contributed by atoms with Crippen LogP contribution in [0, 0.1) is 0 Å². The van der Waals surface area contributed by atoms with Gasteiger partial charge in [-0.15, -0.1) is 0 Å². The van der Waals surface area contributed by atoms with E-state index >= 15 is 0 Å². The van der Waals surface area contributed by atoms with Gasteiger partial charge in [0.15, 0.2) is 0 Å². The molecular formula is C20H23N5O2. The first-order valence-electron chi connectivity index (χ1n) is 9.20. The van der Waals surface area contributed by atoms with Gasteiger partial charge in [-0.3, -0.25) is 19.4 Å². The number of piperidine rings is 1. The number of anilines is 1. The maximum absolute atomic E-state index is 11.1. The Bertz CT molecular complexity index is 911. The Morgan fingerprint density at radius 3 is 2.59 bits per heavy atom. The molecule has 1 N–H and O–H groups in total. The molecule has 27 heavy (non-hydrogen) atoms. The van der Waals surface area contributed by atoms with Gasteiger partial charge >= 0.3 is 5.76 Å². The molecule has 0 atom stereocenters. The number of hydrogen-bond donors (Lipinski definition) is 1. The number of aromatic amines is 1. The van der Waals surface area contributed by atoms with E-state index in [0.717, 1.165) is 38.2 Å². The number of hydrogen-bond acceptors (Lipinski definition) is 6. The minimum Gasteiger partial charge on any atom is -0.370 e. The molecule has 1 aliphatic heterocycles. The molecule has 0 spiro atoms. The van der Waals surface area contributed by atoms with E-state index in [9.17, 15) is 4.79 Å². The first kappa shape index (κ1) is 17.5. The van der Waals surface area contributed by atoms with Crippen molar-refractivity contribution in [3.8, 4) is 11.5 Å². The fourth-order valence-electron chi connectivity index (χ4n) is 3.59. The maximum atomic E-state index is 11.1. The van der Waals surface area contributed by atoms with Crippen LogP contribution in [-0.4, -0.2) is 46.2 Å². The number of benzene rings is 1. The molecule has 0 amide bonds. The summed E-state index contributed by atoms with van der Waals surface area (Å²) in [6.07, 6.45) is 4.07. The Kier molecular flexibility index (Phi) is 5.02. The molecule has 4 rings (SSSR count). The maximum Gasteiger partial charge on any atom is 0.439 e. The van der Waals surface area contributed by atoms with Crippen molar-refractivity contribution in [3.05, 3.63) is 64.8 Å². The van der Waals surface area contributed by atoms with Crippen molar-refractivity contribution < 1.29 is 4.52 Å². The standard InChI is InChI=1S/C20H23N5O2/c1-24(17-7-8-18(21-13-17)19-22-20(26)27-23-19)16-9-11-25(12-10-16)14-15-5-3-2-4-6-15/h2-8,13,16H,9-12,14H2,1H3,(H,22,23,26). The van der Waals surface area contributed by atoms with Gasteiger partial charge in [-0.25, -0.2) is 4.79 Å². The summed E-state index contributed by atoms with van der Waals surface area (Å²) in [4.78, 5) is 22.8. The third-order valence-corrected chi connectivity index (χ3v) is 5.19. The van der Waals surface area contributed by atoms with Gasteiger partial charge in [-0.2, -0.15) is 0 Å². The number of aromatic nitrogens is 3. The second kappa shape index (κ2) is 7.75. The van der Waals surface area contributed by atoms with Crippen LogP contribution in [0.3, 0.4) is 0 Å². The average molecular weight is 365 g/mol. The zero-order valence-electron chi connectivity index (χ0n) is 15.3. The molecule has 1 fully saturated rings. The lowest BCUT2D eigenvalue weighted by Crippen LogP contribution is -2.43. The first-order chi connectivity index (χ1) is 13.2. The van der Waals surface area contributed by atoms with Gasteiger partial charge in [0.25, 0.3) is 0 Å². The molecule has 3 aromatic rings. The summed E-state index contributed by atoms with van der Waals surface area (Å²) < 4.78 is 4.53. The summed E-state index contributed by atoms with van der Waals surface area (Å²) in [6.45, 7) is 3.20. The Balaban J connectivity index is 1.35. The molecule has 2 aromatic heterocycles. The number of H-pyrrole nitrogens is 1. The zero-order chi connectivity index (χ0) is 18.6. The summed E-state index contributed by atoms with van der Waals surface area (Å²) in [7, 11) is 2.12. The number of nitrogens with zero attached hydrogens (tertiary/aromatic N) is 4. The Hall–Kier alpha value is -2.93. The SMILES string of the molecule is CN(c1ccc(-c2noc(=O)[nH]2)nc1)C1CCN(Cc2ccccc2)CC1. The molecule has 0 bridgehead atoms. The predicted octanol–water partition coefficient (Wildman–Crippen LogP) is 2.53. The fraction of sp³-hybridized carbons (Fsp3) is 0.350. The molecule has 1 aromatic carbocycles. The molecule has 1 aliphatic rings. The molecule has 1 saturated heterocycles. The predicted molar refractivity (Wildman–Crippen MR) is 103 cm³/mol. The highest BCUT2D eigenvalue weighted by molar-refractivity contribution is 5.54. The molecule has 0 unspecified atom stereocenters. The summed E-state index contributed by atoms with van der Waals surface area (Å²) >= 11 is 0. The molecule has 7 nitrogen and oxygen atoms in total. The Morgan fingerprint density at radius 2 is 1.96 bits per heavy atom. The van der Waals surface area contributed by atoms with Gasteiger partial charge in [0.05, 0.1) is 11.9 Å². The monoisotopic (exact) mass is 365 g/mol. The summed E-state index contributed by atoms with van der Waals surface area (Å²) in [5, 5.41) is 3.67. The number of nitrogens with one attached hydrogen (secondary N) is 1. The highest BCUT2D eigenvalue weighted by Crippen LogP contribution is 2.23. The highest BCUT2D eigenvalue weighted by atomic mass is 16.5. The van der Waals surface area contributed by atoms with E-state index < -0.39 is 5.76 Å². The van der Waals surface area contributed by atoms with E-state index in [-0.39, 0.29) is 0 Å². The van der Waals surface area contributed by atoms with Crippen LogP contribution in [0.15, 0.2) is 58.0 Å². The minimum atomic E-state index is -0.574. The molecule has 7 heteroatoms. The van der Waals surface area contributed by atoms with E-state index in [2.05, 4.69) is 66.8 Å². The summed E-state index contributed by atoms with van der Waals surface area (Å²) in [5.41, 5.74) is 3.02. The quantitative estimate of drug-likeness (QED) is 0.749. The summed E-state index contributed by atoms with van der Waals surface area (Å²) in [6, 6.07) is 15.0. The molecular weight excluding hydrogens is 342 g/mol. The second-order valence-corrected chi connectivity index (χ2v) is 6.95. The van der Waals surface area contributed by atoms with Gasteiger partial charge in [-0.1, -0.05) is 35.5 Å². The van der Waals surface area contributed by atoms with E-state index in [1.54, 1.807) is 0 Å². The van der Waals surface area contributed by atoms with E-state index in [1.165, 1.54) is 5.56 Å². The van der Waals surface area contributed by atoms with Crippen molar-refractivity contribution >= 4 is 5.69 Å². The zero-order valence-corrected chi connectivity index (χ0v) is 15.3. The normalized spacial score (nSPS) is 15.7. The molecule has 0 saturated carbocycles. The van der Waals surface area contributed by atoms with E-state index in [1.807, 2.05) is 18.3 Å². The van der Waals surface area contributed by atoms with Crippen molar-refractivity contribution in [2.75, 3.05) is 25.0 Å². The van der Waals surface area contributed by atoms with Gasteiger partial charge in [0.2, 0.25) is 5.82 Å². The topological polar surface area (TPSA) is 78.3 Å². The third kappa shape index (κ3) is 4.09. The van der Waals surface area contributed by atoms with Gasteiger partial charge in [-0.05, 0) is 30.5 Å². The fourth-order valence-corrected chi connectivity index (χ4v) is 3.59. The van der Waals surface area contributed by atoms with Crippen molar-refractivity contribution in [1.82, 2.24) is 20.0 Å². The van der Waals surface area contributed by atoms with Crippen LogP contribution in [0.1, 0.15) is 18.4 Å². The number of likely N-dealkylation sites (tertiary alicyclic amines) is 1. The lowest BCUT2D eigenvalue weighted by Gasteiger charge is -2.37. The Labute approximate surface area is 157 Å². The molecule has 3 heterocycles.